The third-order valence-corrected chi connectivity index (χ3v) is 2.87. The maximum atomic E-state index is 11.3. The summed E-state index contributed by atoms with van der Waals surface area (Å²) in [5.41, 5.74) is 5.36. The Hall–Kier alpha value is -1.19. The lowest BCUT2D eigenvalue weighted by Crippen LogP contribution is -2.46. The molecule has 0 aromatic carbocycles. The fourth-order valence-electron chi connectivity index (χ4n) is 2.10. The Morgan fingerprint density at radius 1 is 1.47 bits per heavy atom. The van der Waals surface area contributed by atoms with Crippen molar-refractivity contribution in [1.82, 2.24) is 4.90 Å². The first kappa shape index (κ1) is 11.9. The van der Waals surface area contributed by atoms with Crippen LogP contribution in [0, 0.1) is 0 Å². The molecule has 0 heterocycles. The van der Waals surface area contributed by atoms with Gasteiger partial charge in [-0.3, -0.25) is 0 Å². The fourth-order valence-corrected chi connectivity index (χ4v) is 2.10. The van der Waals surface area contributed by atoms with E-state index >= 15 is 0 Å². The number of nitrogens with zero attached hydrogens (tertiary/aromatic N) is 1. The lowest BCUT2D eigenvalue weighted by Gasteiger charge is -2.32. The lowest BCUT2D eigenvalue weighted by molar-refractivity contribution is 0.135. The molecule has 4 nitrogen and oxygen atoms in total. The topological polar surface area (TPSA) is 55.6 Å². The summed E-state index contributed by atoms with van der Waals surface area (Å²) in [6.45, 7) is 4.49. The van der Waals surface area contributed by atoms with Gasteiger partial charge in [0.2, 0.25) is 0 Å². The minimum Gasteiger partial charge on any atom is -0.500 e. The van der Waals surface area contributed by atoms with Crippen molar-refractivity contribution < 1.29 is 9.53 Å². The Kier molecular flexibility index (Phi) is 5.01. The second kappa shape index (κ2) is 6.32. The summed E-state index contributed by atoms with van der Waals surface area (Å²) in [5.74, 6) is 0. The van der Waals surface area contributed by atoms with Crippen molar-refractivity contribution in [2.45, 2.75) is 38.1 Å². The van der Waals surface area contributed by atoms with E-state index in [9.17, 15) is 4.79 Å². The van der Waals surface area contributed by atoms with E-state index in [1.807, 2.05) is 0 Å². The molecule has 0 aliphatic heterocycles. The van der Waals surface area contributed by atoms with Crippen molar-refractivity contribution in [3.05, 3.63) is 12.8 Å². The normalized spacial score (nSPS) is 17.1. The molecule has 0 radical (unpaired) electrons. The van der Waals surface area contributed by atoms with Crippen molar-refractivity contribution in [3.8, 4) is 0 Å². The van der Waals surface area contributed by atoms with Gasteiger partial charge in [-0.25, -0.2) is 4.79 Å². The first-order chi connectivity index (χ1) is 7.25. The molecule has 15 heavy (non-hydrogen) atoms. The fraction of sp³-hybridized carbons (Fsp3) is 0.727. The lowest BCUT2D eigenvalue weighted by atomic mass is 9.94. The molecule has 4 heteroatoms. The molecule has 0 saturated heterocycles. The Bertz CT molecular complexity index is 213. The van der Waals surface area contributed by atoms with Crippen molar-refractivity contribution in [2.24, 2.45) is 5.73 Å². The molecule has 1 fully saturated rings. The van der Waals surface area contributed by atoms with Gasteiger partial charge in [-0.1, -0.05) is 25.8 Å². The summed E-state index contributed by atoms with van der Waals surface area (Å²) in [6.07, 6.45) is 7.17. The van der Waals surface area contributed by atoms with Crippen LogP contribution in [0.1, 0.15) is 32.1 Å². The van der Waals surface area contributed by atoms with Crippen molar-refractivity contribution in [2.75, 3.05) is 13.2 Å². The van der Waals surface area contributed by atoms with E-state index in [1.165, 1.54) is 25.5 Å². The van der Waals surface area contributed by atoms with Crippen LogP contribution in [0.15, 0.2) is 12.8 Å². The van der Waals surface area contributed by atoms with Gasteiger partial charge in [-0.2, -0.15) is 0 Å². The summed E-state index contributed by atoms with van der Waals surface area (Å²) < 4.78 is 5.02. The predicted molar refractivity (Wildman–Crippen MR) is 59.3 cm³/mol. The van der Waals surface area contributed by atoms with Crippen LogP contribution in [0.25, 0.3) is 0 Å². The summed E-state index contributed by atoms with van der Waals surface area (Å²) >= 11 is 0. The molecule has 1 aliphatic carbocycles. The Balaban J connectivity index is 2.40. The number of nitrogens with two attached hydrogens (primary N) is 1. The van der Waals surface area contributed by atoms with Crippen molar-refractivity contribution in [1.29, 1.82) is 0 Å². The van der Waals surface area contributed by atoms with Gasteiger partial charge in [0.1, 0.15) is 6.61 Å². The largest absolute Gasteiger partial charge is 0.500 e. The van der Waals surface area contributed by atoms with E-state index in [2.05, 4.69) is 6.58 Å². The summed E-state index contributed by atoms with van der Waals surface area (Å²) in [6, 6.07) is -0.0285. The molecule has 0 spiro atoms. The molecule has 1 saturated carbocycles. The minimum atomic E-state index is -0.338. The molecule has 86 valence electrons. The smallest absolute Gasteiger partial charge is 0.315 e. The zero-order chi connectivity index (χ0) is 11.1. The van der Waals surface area contributed by atoms with Gasteiger partial charge < -0.3 is 15.4 Å². The molecule has 1 rings (SSSR count). The highest BCUT2D eigenvalue weighted by Crippen LogP contribution is 2.22. The van der Waals surface area contributed by atoms with Gasteiger partial charge in [0, 0.05) is 6.04 Å². The average Bonchev–Trinajstić information content (AvgIpc) is 2.25. The van der Waals surface area contributed by atoms with E-state index in [1.54, 1.807) is 4.90 Å². The Morgan fingerprint density at radius 3 is 2.67 bits per heavy atom. The number of rotatable bonds is 5. The van der Waals surface area contributed by atoms with E-state index in [0.29, 0.717) is 19.2 Å². The number of carbonyl (C=O) groups is 1. The summed E-state index contributed by atoms with van der Waals surface area (Å²) in [5, 5.41) is 0. The van der Waals surface area contributed by atoms with Gasteiger partial charge in [0.15, 0.2) is 0 Å². The van der Waals surface area contributed by atoms with Gasteiger partial charge in [0.05, 0.1) is 12.8 Å². The molecule has 0 aromatic rings. The van der Waals surface area contributed by atoms with Crippen molar-refractivity contribution in [3.63, 3.8) is 0 Å². The first-order valence-electron chi connectivity index (χ1n) is 5.54. The zero-order valence-electron chi connectivity index (χ0n) is 9.15. The first-order valence-corrected chi connectivity index (χ1v) is 5.54. The van der Waals surface area contributed by atoms with Gasteiger partial charge in [-0.15, -0.1) is 0 Å². The van der Waals surface area contributed by atoms with Gasteiger partial charge in [0.25, 0.3) is 0 Å². The molecule has 0 aromatic heterocycles. The molecule has 0 bridgehead atoms. The summed E-state index contributed by atoms with van der Waals surface area (Å²) in [4.78, 5) is 13.0. The number of hydrogen-bond acceptors (Lipinski definition) is 2. The molecule has 2 N–H and O–H groups in total. The van der Waals surface area contributed by atoms with E-state index in [4.69, 9.17) is 10.5 Å². The second-order valence-electron chi connectivity index (χ2n) is 3.86. The minimum absolute atomic E-state index is 0.310. The highest BCUT2D eigenvalue weighted by molar-refractivity contribution is 5.72. The van der Waals surface area contributed by atoms with Crippen LogP contribution in [0.5, 0.6) is 0 Å². The predicted octanol–water partition coefficient (Wildman–Crippen LogP) is 1.86. The second-order valence-corrected chi connectivity index (χ2v) is 3.86. The monoisotopic (exact) mass is 212 g/mol. The van der Waals surface area contributed by atoms with Crippen LogP contribution in [0.2, 0.25) is 0 Å². The van der Waals surface area contributed by atoms with E-state index in [0.717, 1.165) is 12.8 Å². The maximum absolute atomic E-state index is 11.3. The van der Waals surface area contributed by atoms with Crippen LogP contribution in [0.3, 0.4) is 0 Å². The average molecular weight is 212 g/mol. The SMILES string of the molecule is C=COCCN(C(N)=O)C1CCCCC1. The Morgan fingerprint density at radius 2 is 2.13 bits per heavy atom. The highest BCUT2D eigenvalue weighted by atomic mass is 16.5. The van der Waals surface area contributed by atoms with Crippen LogP contribution < -0.4 is 5.73 Å². The van der Waals surface area contributed by atoms with Crippen LogP contribution in [-0.2, 0) is 4.74 Å². The third-order valence-electron chi connectivity index (χ3n) is 2.87. The number of carbonyl (C=O) groups excluding carboxylic acids is 1. The number of amides is 2. The number of ether oxygens (including phenoxy) is 1. The molecular weight excluding hydrogens is 192 g/mol. The van der Waals surface area contributed by atoms with Gasteiger partial charge >= 0.3 is 6.03 Å². The molecule has 1 aliphatic rings. The maximum Gasteiger partial charge on any atom is 0.315 e. The van der Waals surface area contributed by atoms with Crippen LogP contribution >= 0.6 is 0 Å². The molecule has 0 unspecified atom stereocenters. The number of primary amides is 1. The van der Waals surface area contributed by atoms with Crippen LogP contribution in [-0.4, -0.2) is 30.1 Å². The highest BCUT2D eigenvalue weighted by Gasteiger charge is 2.23. The Labute approximate surface area is 91.1 Å². The molecule has 2 amide bonds. The quantitative estimate of drug-likeness (QED) is 0.558. The van der Waals surface area contributed by atoms with Crippen LogP contribution in [0.4, 0.5) is 4.79 Å². The molecular formula is C11H20N2O2. The number of hydrogen-bond donors (Lipinski definition) is 1. The standard InChI is InChI=1S/C11H20N2O2/c1-2-15-9-8-13(11(12)14)10-6-4-3-5-7-10/h2,10H,1,3-9H2,(H2,12,14). The zero-order valence-corrected chi connectivity index (χ0v) is 9.15. The van der Waals surface area contributed by atoms with Gasteiger partial charge in [-0.05, 0) is 12.8 Å². The van der Waals surface area contributed by atoms with E-state index in [-0.39, 0.29) is 6.03 Å². The molecule has 0 atom stereocenters. The third kappa shape index (κ3) is 3.81. The number of urea groups is 1. The van der Waals surface area contributed by atoms with Crippen molar-refractivity contribution >= 4 is 6.03 Å². The van der Waals surface area contributed by atoms with E-state index < -0.39 is 0 Å². The summed E-state index contributed by atoms with van der Waals surface area (Å²) in [7, 11) is 0.